The second-order valence-corrected chi connectivity index (χ2v) is 4.63. The Bertz CT molecular complexity index is 478. The molecule has 0 amide bonds. The van der Waals surface area contributed by atoms with E-state index in [-0.39, 0.29) is 6.04 Å². The minimum absolute atomic E-state index is 0.104. The van der Waals surface area contributed by atoms with Crippen LogP contribution in [-0.2, 0) is 6.42 Å². The van der Waals surface area contributed by atoms with Crippen LogP contribution >= 0.6 is 0 Å². The molecule has 0 heterocycles. The topological polar surface area (TPSA) is 35.2 Å². The number of hydrogen-bond acceptors (Lipinski definition) is 2. The van der Waals surface area contributed by atoms with Crippen molar-refractivity contribution in [2.24, 2.45) is 5.73 Å². The molecule has 2 N–H and O–H groups in total. The molecule has 100 valence electrons. The smallest absolute Gasteiger partial charge is 0.119 e. The summed E-state index contributed by atoms with van der Waals surface area (Å²) in [5.74, 6) is 0.929. The van der Waals surface area contributed by atoms with Gasteiger partial charge in [-0.15, -0.1) is 0 Å². The lowest BCUT2D eigenvalue weighted by molar-refractivity contribution is 0.340. The highest BCUT2D eigenvalue weighted by atomic mass is 16.5. The molecule has 1 atom stereocenters. The highest BCUT2D eigenvalue weighted by Gasteiger charge is 2.05. The molecule has 0 saturated heterocycles. The van der Waals surface area contributed by atoms with E-state index in [4.69, 9.17) is 10.5 Å². The van der Waals surface area contributed by atoms with E-state index in [0.29, 0.717) is 6.61 Å². The number of hydrogen-bond donors (Lipinski definition) is 1. The van der Waals surface area contributed by atoms with Crippen molar-refractivity contribution in [3.05, 3.63) is 65.7 Å². The molecule has 0 radical (unpaired) electrons. The Morgan fingerprint density at radius 1 is 1.00 bits per heavy atom. The number of nitrogens with two attached hydrogens (primary N) is 1. The van der Waals surface area contributed by atoms with Crippen LogP contribution < -0.4 is 10.5 Å². The van der Waals surface area contributed by atoms with E-state index in [2.05, 4.69) is 24.3 Å². The van der Waals surface area contributed by atoms with Crippen LogP contribution in [0, 0.1) is 0 Å². The molecule has 1 unspecified atom stereocenters. The summed E-state index contributed by atoms with van der Waals surface area (Å²) in [5, 5.41) is 0. The molecule has 2 heteroatoms. The van der Waals surface area contributed by atoms with E-state index in [1.807, 2.05) is 37.3 Å². The van der Waals surface area contributed by atoms with Crippen molar-refractivity contribution in [1.29, 1.82) is 0 Å². The monoisotopic (exact) mass is 255 g/mol. The first kappa shape index (κ1) is 13.6. The SMILES string of the molecule is CCOc1ccc(CCC(N)c2ccccc2)cc1. The van der Waals surface area contributed by atoms with Gasteiger partial charge in [-0.3, -0.25) is 0 Å². The number of aryl methyl sites for hydroxylation is 1. The third-order valence-electron chi connectivity index (χ3n) is 3.21. The van der Waals surface area contributed by atoms with Gasteiger partial charge in [-0.25, -0.2) is 0 Å². The fraction of sp³-hybridized carbons (Fsp3) is 0.294. The highest BCUT2D eigenvalue weighted by Crippen LogP contribution is 2.18. The lowest BCUT2D eigenvalue weighted by atomic mass is 10.00. The average molecular weight is 255 g/mol. The Hall–Kier alpha value is -1.80. The first-order valence-corrected chi connectivity index (χ1v) is 6.82. The average Bonchev–Trinajstić information content (AvgIpc) is 2.47. The summed E-state index contributed by atoms with van der Waals surface area (Å²) < 4.78 is 5.43. The third kappa shape index (κ3) is 4.11. The van der Waals surface area contributed by atoms with Gasteiger partial charge in [0.05, 0.1) is 6.61 Å². The fourth-order valence-corrected chi connectivity index (χ4v) is 2.11. The van der Waals surface area contributed by atoms with Crippen molar-refractivity contribution in [2.75, 3.05) is 6.61 Å². The molecule has 0 aliphatic carbocycles. The van der Waals surface area contributed by atoms with E-state index >= 15 is 0 Å². The Labute approximate surface area is 115 Å². The molecule has 2 aromatic carbocycles. The first-order chi connectivity index (χ1) is 9.29. The van der Waals surface area contributed by atoms with Crippen LogP contribution in [0.1, 0.15) is 30.5 Å². The zero-order valence-corrected chi connectivity index (χ0v) is 11.4. The van der Waals surface area contributed by atoms with Gasteiger partial charge in [-0.2, -0.15) is 0 Å². The van der Waals surface area contributed by atoms with Gasteiger partial charge in [0.15, 0.2) is 0 Å². The third-order valence-corrected chi connectivity index (χ3v) is 3.21. The van der Waals surface area contributed by atoms with E-state index in [9.17, 15) is 0 Å². The van der Waals surface area contributed by atoms with Crippen LogP contribution in [0.4, 0.5) is 0 Å². The molecular formula is C17H21NO. The molecule has 0 aromatic heterocycles. The minimum Gasteiger partial charge on any atom is -0.494 e. The largest absolute Gasteiger partial charge is 0.494 e. The highest BCUT2D eigenvalue weighted by molar-refractivity contribution is 5.27. The zero-order valence-electron chi connectivity index (χ0n) is 11.4. The molecule has 0 fully saturated rings. The van der Waals surface area contributed by atoms with Gasteiger partial charge < -0.3 is 10.5 Å². The lowest BCUT2D eigenvalue weighted by Gasteiger charge is -2.12. The van der Waals surface area contributed by atoms with Crippen LogP contribution in [0.2, 0.25) is 0 Å². The summed E-state index contributed by atoms with van der Waals surface area (Å²) >= 11 is 0. The van der Waals surface area contributed by atoms with E-state index in [1.165, 1.54) is 11.1 Å². The van der Waals surface area contributed by atoms with Crippen LogP contribution in [0.5, 0.6) is 5.75 Å². The fourth-order valence-electron chi connectivity index (χ4n) is 2.11. The summed E-state index contributed by atoms with van der Waals surface area (Å²) in [5.41, 5.74) is 8.70. The van der Waals surface area contributed by atoms with Gasteiger partial charge >= 0.3 is 0 Å². The van der Waals surface area contributed by atoms with Crippen molar-refractivity contribution in [2.45, 2.75) is 25.8 Å². The van der Waals surface area contributed by atoms with Crippen molar-refractivity contribution in [3.8, 4) is 5.75 Å². The van der Waals surface area contributed by atoms with Gasteiger partial charge in [0, 0.05) is 6.04 Å². The van der Waals surface area contributed by atoms with Gasteiger partial charge in [0.1, 0.15) is 5.75 Å². The summed E-state index contributed by atoms with van der Waals surface area (Å²) in [4.78, 5) is 0. The second-order valence-electron chi connectivity index (χ2n) is 4.63. The molecule has 2 aromatic rings. The maximum absolute atomic E-state index is 6.20. The molecule has 2 rings (SSSR count). The van der Waals surface area contributed by atoms with Crippen LogP contribution in [0.15, 0.2) is 54.6 Å². The Balaban J connectivity index is 1.88. The van der Waals surface area contributed by atoms with E-state index in [1.54, 1.807) is 0 Å². The second kappa shape index (κ2) is 6.95. The Morgan fingerprint density at radius 2 is 1.68 bits per heavy atom. The zero-order chi connectivity index (χ0) is 13.5. The van der Waals surface area contributed by atoms with E-state index < -0.39 is 0 Å². The van der Waals surface area contributed by atoms with Crippen LogP contribution in [-0.4, -0.2) is 6.61 Å². The molecule has 0 aliphatic rings. The molecule has 0 bridgehead atoms. The maximum atomic E-state index is 6.20. The predicted octanol–water partition coefficient (Wildman–Crippen LogP) is 3.72. The Kier molecular flexibility index (Phi) is 4.99. The van der Waals surface area contributed by atoms with Gasteiger partial charge in [-0.1, -0.05) is 42.5 Å². The molecule has 0 spiro atoms. The number of benzene rings is 2. The van der Waals surface area contributed by atoms with Crippen molar-refractivity contribution >= 4 is 0 Å². The van der Waals surface area contributed by atoms with Crippen molar-refractivity contribution in [1.82, 2.24) is 0 Å². The minimum atomic E-state index is 0.104. The van der Waals surface area contributed by atoms with Gasteiger partial charge in [-0.05, 0) is 43.0 Å². The normalized spacial score (nSPS) is 12.1. The molecular weight excluding hydrogens is 234 g/mol. The summed E-state index contributed by atoms with van der Waals surface area (Å²) in [6.45, 7) is 2.70. The van der Waals surface area contributed by atoms with Crippen LogP contribution in [0.25, 0.3) is 0 Å². The van der Waals surface area contributed by atoms with Gasteiger partial charge in [0.25, 0.3) is 0 Å². The van der Waals surface area contributed by atoms with E-state index in [0.717, 1.165) is 18.6 Å². The van der Waals surface area contributed by atoms with Crippen LogP contribution in [0.3, 0.4) is 0 Å². The lowest BCUT2D eigenvalue weighted by Crippen LogP contribution is -2.11. The first-order valence-electron chi connectivity index (χ1n) is 6.82. The predicted molar refractivity (Wildman–Crippen MR) is 79.3 cm³/mol. The number of ether oxygens (including phenoxy) is 1. The molecule has 19 heavy (non-hydrogen) atoms. The van der Waals surface area contributed by atoms with Gasteiger partial charge in [0.2, 0.25) is 0 Å². The molecule has 0 aliphatic heterocycles. The standard InChI is InChI=1S/C17H21NO/c1-2-19-16-11-8-14(9-12-16)10-13-17(18)15-6-4-3-5-7-15/h3-9,11-12,17H,2,10,13,18H2,1H3. The molecule has 2 nitrogen and oxygen atoms in total. The summed E-state index contributed by atoms with van der Waals surface area (Å²) in [6, 6.07) is 18.6. The van der Waals surface area contributed by atoms with Crippen molar-refractivity contribution < 1.29 is 4.74 Å². The Morgan fingerprint density at radius 3 is 2.32 bits per heavy atom. The molecule has 0 saturated carbocycles. The van der Waals surface area contributed by atoms with Crippen molar-refractivity contribution in [3.63, 3.8) is 0 Å². The quantitative estimate of drug-likeness (QED) is 0.854. The summed E-state index contributed by atoms with van der Waals surface area (Å²) in [6.07, 6.45) is 1.94. The number of rotatable bonds is 6. The summed E-state index contributed by atoms with van der Waals surface area (Å²) in [7, 11) is 0. The maximum Gasteiger partial charge on any atom is 0.119 e.